The van der Waals surface area contributed by atoms with Crippen molar-refractivity contribution in [1.82, 2.24) is 51.2 Å². The van der Waals surface area contributed by atoms with Gasteiger partial charge in [0.25, 0.3) is 0 Å². The molecule has 0 saturated carbocycles. The van der Waals surface area contributed by atoms with Crippen LogP contribution in [0.1, 0.15) is 168 Å². The topological polar surface area (TPSA) is 278 Å². The van der Waals surface area contributed by atoms with E-state index in [2.05, 4.69) is 56.2 Å². The average molecular weight is 1560 g/mol. The molecule has 4 aliphatic heterocycles. The normalized spacial score (nSPS) is 22.7. The van der Waals surface area contributed by atoms with Crippen molar-refractivity contribution in [2.75, 3.05) is 27.3 Å². The summed E-state index contributed by atoms with van der Waals surface area (Å²) in [5.41, 5.74) is 3.23. The number of fused-ring (bicyclic) bond motifs is 4. The second-order valence-electron chi connectivity index (χ2n) is 28.0. The Hall–Kier alpha value is -8.30. The van der Waals surface area contributed by atoms with Gasteiger partial charge in [0, 0.05) is 18.1 Å². The summed E-state index contributed by atoms with van der Waals surface area (Å²) < 4.78 is 5.62. The number of carbonyl (C=O) groups is 10. The zero-order valence-corrected chi connectivity index (χ0v) is 65.0. The molecule has 10 rings (SSSR count). The van der Waals surface area contributed by atoms with Crippen LogP contribution in [0.2, 0.25) is 9.63 Å². The molecule has 0 radical (unpaired) electrons. The minimum atomic E-state index is -1.03. The van der Waals surface area contributed by atoms with E-state index in [4.69, 9.17) is 9.68 Å². The summed E-state index contributed by atoms with van der Waals surface area (Å²) >= 11 is 0.0579. The van der Waals surface area contributed by atoms with Crippen LogP contribution in [0.5, 0.6) is 0 Å². The molecule has 104 heavy (non-hydrogen) atoms. The summed E-state index contributed by atoms with van der Waals surface area (Å²) in [5.74, 6) is -2.97. The van der Waals surface area contributed by atoms with Gasteiger partial charge in [0.05, 0.1) is 11.0 Å². The number of hydrogen-bond donors (Lipinski definition) is 6. The molecule has 2 aromatic heterocycles. The number of piperidine rings is 2. The quantitative estimate of drug-likeness (QED) is 0.0214. The van der Waals surface area contributed by atoms with Crippen LogP contribution < -0.4 is 50.5 Å². The summed E-state index contributed by atoms with van der Waals surface area (Å²) in [4.78, 5) is 153. The Labute approximate surface area is 624 Å². The molecule has 5 unspecified atom stereocenters. The number of amides is 8. The van der Waals surface area contributed by atoms with E-state index in [-0.39, 0.29) is 99.4 Å². The average Bonchev–Trinajstić information content (AvgIpc) is 1.53. The first-order valence-corrected chi connectivity index (χ1v) is 41.1. The molecule has 6 aromatic rings. The zero-order chi connectivity index (χ0) is 74.4. The van der Waals surface area contributed by atoms with Gasteiger partial charge in [-0.05, 0) is 42.4 Å². The van der Waals surface area contributed by atoms with Crippen molar-refractivity contribution in [2.45, 2.75) is 228 Å². The standard InChI is InChI=1S/2C40H53N5O6Se/c1-5-26(2)36-40(50)44-23-15-14-21-34(44)39(49)41-31(19-10-7-11-22-35(46)27(3)52-29-16-8-6-9-17-29)37(47)42-32(38(48)43-36)24-28-25-45(51-4)33-20-13-12-18-30(28)33;1-5-26(3)36-40(50)44-23-15-14-21-33(44)39(49)41-30(19-11-13-22-35(34(46)6-2)52-28-16-8-7-9-17-28)37(47)42-31(38(48)43-36)24-27-25-45(51-4)32-20-12-10-18-29(27)32/h6,8-9,12-13,16-18,20,25-27,31-32,34,36H,5,7,10-11,14-15,19,21-24H2,1-4H3,(H,41,49)(H,42,47)(H,43,48);7-10,12,16-18,20,25-26,30-31,33,35-36H,5-6,11,13-15,19,21-24H2,1-4H3,(H,41,49)(H,42,47)(H,43,48)/t26?,27?,31?,32-,34+,36-;26?,30-,31-,33+,35?,36-/m00/s1. The zero-order valence-electron chi connectivity index (χ0n) is 61.5. The minimum absolute atomic E-state index is 0.0102. The van der Waals surface area contributed by atoms with Gasteiger partial charge < -0.3 is 15.0 Å². The number of nitrogens with one attached hydrogen (secondary N) is 6. The van der Waals surface area contributed by atoms with E-state index in [1.54, 1.807) is 45.9 Å². The summed E-state index contributed by atoms with van der Waals surface area (Å²) in [5, 5.41) is 19.7. The van der Waals surface area contributed by atoms with Gasteiger partial charge in [0.15, 0.2) is 0 Å². The molecular formula is C80H106N10O12Se2. The molecule has 4 saturated heterocycles. The molecule has 8 amide bonds. The molecule has 0 spiro atoms. The third-order valence-electron chi connectivity index (χ3n) is 20.9. The number of unbranched alkanes of at least 4 members (excludes halogenated alkanes) is 3. The molecule has 4 aromatic carbocycles. The predicted octanol–water partition coefficient (Wildman–Crippen LogP) is 6.99. The number of carbonyl (C=O) groups excluding carboxylic acids is 10. The van der Waals surface area contributed by atoms with Crippen molar-refractivity contribution in [3.05, 3.63) is 133 Å². The first-order valence-electron chi connectivity index (χ1n) is 37.4. The minimum Gasteiger partial charge on any atom is -0.272 e. The van der Waals surface area contributed by atoms with E-state index in [1.165, 1.54) is 8.92 Å². The Balaban J connectivity index is 0.000000241. The van der Waals surface area contributed by atoms with E-state index in [0.29, 0.717) is 103 Å². The van der Waals surface area contributed by atoms with Crippen molar-refractivity contribution in [1.29, 1.82) is 0 Å². The van der Waals surface area contributed by atoms with Gasteiger partial charge in [-0.3, -0.25) is 9.59 Å². The molecular weight excluding hydrogens is 1450 g/mol. The first-order chi connectivity index (χ1) is 50.2. The van der Waals surface area contributed by atoms with E-state index >= 15 is 0 Å². The number of benzene rings is 4. The monoisotopic (exact) mass is 1560 g/mol. The van der Waals surface area contributed by atoms with E-state index in [9.17, 15) is 47.9 Å². The number of rotatable bonds is 28. The fourth-order valence-corrected chi connectivity index (χ4v) is 19.0. The number of aromatic nitrogens is 2. The number of ketones is 2. The number of Topliss-reactive ketones (excluding diaryl/α,β-unsaturated/α-hetero) is 2. The summed E-state index contributed by atoms with van der Waals surface area (Å²) in [6.07, 6.45) is 14.8. The van der Waals surface area contributed by atoms with Crippen LogP contribution in [0.25, 0.3) is 21.8 Å². The smallest absolute Gasteiger partial charge is 0.272 e. The summed E-state index contributed by atoms with van der Waals surface area (Å²) in [6.45, 7) is 12.5. The second-order valence-corrected chi connectivity index (χ2v) is 33.6. The summed E-state index contributed by atoms with van der Waals surface area (Å²) in [6, 6.07) is 28.4. The molecule has 22 nitrogen and oxygen atoms in total. The van der Waals surface area contributed by atoms with Crippen molar-refractivity contribution in [3.63, 3.8) is 0 Å². The number of hydrogen-bond acceptors (Lipinski definition) is 12. The van der Waals surface area contributed by atoms with Gasteiger partial charge >= 0.3 is 419 Å². The Morgan fingerprint density at radius 1 is 0.471 bits per heavy atom. The van der Waals surface area contributed by atoms with Crippen molar-refractivity contribution in [2.24, 2.45) is 11.8 Å². The van der Waals surface area contributed by atoms with Crippen LogP contribution >= 0.6 is 0 Å². The van der Waals surface area contributed by atoms with Gasteiger partial charge in [0.1, 0.15) is 20.3 Å². The third-order valence-corrected chi connectivity index (χ3v) is 26.1. The van der Waals surface area contributed by atoms with Gasteiger partial charge in [0.2, 0.25) is 5.91 Å². The fraction of sp³-hybridized carbons (Fsp3) is 0.525. The van der Waals surface area contributed by atoms with E-state index in [1.807, 2.05) is 126 Å². The van der Waals surface area contributed by atoms with Crippen LogP contribution in [-0.2, 0) is 60.8 Å². The first kappa shape index (κ1) is 79.8. The molecule has 4 aliphatic rings. The van der Waals surface area contributed by atoms with Crippen LogP contribution in [-0.4, -0.2) is 184 Å². The molecule has 6 N–H and O–H groups in total. The van der Waals surface area contributed by atoms with Crippen LogP contribution in [0.3, 0.4) is 0 Å². The summed E-state index contributed by atoms with van der Waals surface area (Å²) in [7, 11) is 3.12. The molecule has 0 aliphatic carbocycles. The Morgan fingerprint density at radius 3 is 1.33 bits per heavy atom. The Kier molecular flexibility index (Phi) is 30.1. The third kappa shape index (κ3) is 20.8. The SMILES string of the molecule is CCC(=O)C(CCCC[C@@H]1NC(=O)[C@H]2CCCCN2C(=O)[C@H](C(C)CC)NC(=O)[C@H](Cc2cn(OC)c3ccccc23)NC1=O)[Se]c1ccccc1.CCC(C)[C@@H]1NC(=O)[C@H](Cc2cn(OC)c3ccccc23)NC(=O)C(CCCCCC(=O)C(C)[Se]c2ccccc2)NC(=O)[C@H]2CCCCN2C1=O. The van der Waals surface area contributed by atoms with Gasteiger partial charge in [-0.2, -0.15) is 9.46 Å². The van der Waals surface area contributed by atoms with Crippen molar-refractivity contribution in [3.8, 4) is 0 Å². The van der Waals surface area contributed by atoms with Crippen LogP contribution in [0.4, 0.5) is 0 Å². The van der Waals surface area contributed by atoms with Crippen LogP contribution in [0, 0.1) is 11.8 Å². The van der Waals surface area contributed by atoms with Crippen LogP contribution in [0.15, 0.2) is 122 Å². The Morgan fingerprint density at radius 2 is 0.885 bits per heavy atom. The maximum absolute atomic E-state index is 14.2. The molecule has 560 valence electrons. The molecule has 0 bridgehead atoms. The predicted molar refractivity (Wildman–Crippen MR) is 404 cm³/mol. The van der Waals surface area contributed by atoms with Gasteiger partial charge in [-0.15, -0.1) is 0 Å². The molecule has 24 heteroatoms. The maximum atomic E-state index is 14.2. The molecule has 12 atom stereocenters. The Bertz CT molecular complexity index is 3920. The van der Waals surface area contributed by atoms with Crippen molar-refractivity contribution < 1.29 is 57.6 Å². The van der Waals surface area contributed by atoms with Gasteiger partial charge in [-0.1, -0.05) is 76.9 Å². The second kappa shape index (κ2) is 39.2. The number of para-hydroxylation sites is 2. The van der Waals surface area contributed by atoms with Crippen molar-refractivity contribution >= 4 is 119 Å². The number of nitrogens with zero attached hydrogens (tertiary/aromatic N) is 4. The van der Waals surface area contributed by atoms with Gasteiger partial charge in [-0.25, -0.2) is 0 Å². The fourth-order valence-electron chi connectivity index (χ4n) is 14.4. The van der Waals surface area contributed by atoms with E-state index in [0.717, 1.165) is 58.6 Å². The molecule has 6 heterocycles. The van der Waals surface area contributed by atoms with E-state index < -0.39 is 72.0 Å². The molecule has 4 fully saturated rings.